The first-order chi connectivity index (χ1) is 1.00. The zero-order valence-corrected chi connectivity index (χ0v) is 6.43. The van der Waals surface area contributed by atoms with Gasteiger partial charge in [0.25, 0.3) is 0 Å². The van der Waals surface area contributed by atoms with E-state index in [2.05, 4.69) is 0 Å². The molecular weight excluding hydrogens is 415 g/mol. The van der Waals surface area contributed by atoms with E-state index in [1.807, 2.05) is 6.79 Å². The largest absolute Gasteiger partial charge is 0.307 e. The summed E-state index contributed by atoms with van der Waals surface area (Å²) < 4.78 is 0. The van der Waals surface area contributed by atoms with Gasteiger partial charge in [-0.15, -0.1) is 0 Å². The average molecular weight is 417 g/mol. The molecule has 0 saturated heterocycles. The van der Waals surface area contributed by atoms with Gasteiger partial charge in [-0.1, -0.05) is 0 Å². The number of carbonyl (C=O) groups is 1. The van der Waals surface area contributed by atoms with Crippen LogP contribution in [0.5, 0.6) is 0 Å². The van der Waals surface area contributed by atoms with E-state index in [-0.39, 0.29) is 41.2 Å². The van der Waals surface area contributed by atoms with Gasteiger partial charge < -0.3 is 4.79 Å². The molecule has 0 atom stereocenters. The summed E-state index contributed by atoms with van der Waals surface area (Å²) in [4.78, 5) is 8.00. The molecule has 0 spiro atoms. The van der Waals surface area contributed by atoms with Crippen LogP contribution in [0.25, 0.3) is 0 Å². The van der Waals surface area contributed by atoms with Crippen LogP contribution in [-0.2, 0) is 46.0 Å². The van der Waals surface area contributed by atoms with Gasteiger partial charge >= 0.3 is 0 Å². The molecule has 4 heavy (non-hydrogen) atoms. The molecule has 0 aromatic heterocycles. The molecule has 0 aromatic rings. The first-order valence-electron chi connectivity index (χ1n) is 0.289. The molecule has 0 saturated carbocycles. The Balaban J connectivity index is -0.00000000500. The van der Waals surface area contributed by atoms with E-state index in [0.29, 0.717) is 0 Å². The van der Waals surface area contributed by atoms with Crippen molar-refractivity contribution in [3.05, 3.63) is 0 Å². The van der Waals surface area contributed by atoms with Crippen LogP contribution in [0.15, 0.2) is 0 Å². The van der Waals surface area contributed by atoms with E-state index < -0.39 is 0 Å². The van der Waals surface area contributed by atoms with Crippen LogP contribution in [0.1, 0.15) is 0 Å². The van der Waals surface area contributed by atoms with Crippen LogP contribution in [0.4, 0.5) is 0 Å². The van der Waals surface area contributed by atoms with E-state index in [1.165, 1.54) is 0 Å². The topological polar surface area (TPSA) is 17.1 Å². The van der Waals surface area contributed by atoms with Gasteiger partial charge in [0.2, 0.25) is 0 Å². The van der Waals surface area contributed by atoms with Gasteiger partial charge in [0, 0.05) is 41.2 Å². The van der Waals surface area contributed by atoms with Crippen molar-refractivity contribution >= 4 is 6.79 Å². The number of hydrogen-bond acceptors (Lipinski definition) is 1. The Hall–Kier alpha value is 1.01. The molecule has 0 N–H and O–H groups in total. The van der Waals surface area contributed by atoms with Crippen LogP contribution in [0.2, 0.25) is 0 Å². The van der Waals surface area contributed by atoms with Crippen LogP contribution in [-0.4, -0.2) is 6.79 Å². The van der Waals surface area contributed by atoms with Gasteiger partial charge in [0.15, 0.2) is 0 Å². The van der Waals surface area contributed by atoms with Gasteiger partial charge in [0.1, 0.15) is 6.79 Å². The molecule has 1 radical (unpaired) electrons. The predicted octanol–water partition coefficient (Wildman–Crippen LogP) is -0.190. The molecule has 0 rings (SSSR count). The molecule has 0 aliphatic carbocycles. The fourth-order valence-corrected chi connectivity index (χ4v) is 0. The molecule has 0 aliphatic heterocycles. The van der Waals surface area contributed by atoms with Crippen molar-refractivity contribution in [1.29, 1.82) is 0 Å². The molecule has 31 valence electrons. The Bertz CT molecular complexity index is 8.00. The van der Waals surface area contributed by atoms with Crippen LogP contribution >= 0.6 is 0 Å². The van der Waals surface area contributed by atoms with Crippen molar-refractivity contribution in [2.24, 2.45) is 0 Å². The summed E-state index contributed by atoms with van der Waals surface area (Å²) in [5.41, 5.74) is 0. The van der Waals surface area contributed by atoms with Gasteiger partial charge in [-0.2, -0.15) is 0 Å². The third-order valence-corrected chi connectivity index (χ3v) is 0. The van der Waals surface area contributed by atoms with Crippen molar-refractivity contribution in [2.75, 3.05) is 0 Å². The zero-order valence-electron chi connectivity index (χ0n) is 1.76. The summed E-state index contributed by atoms with van der Waals surface area (Å²) in [7, 11) is 0. The Morgan fingerprint density at radius 1 is 1.25 bits per heavy atom. The molecule has 0 aromatic carbocycles. The fourth-order valence-electron chi connectivity index (χ4n) is 0. The Kier molecular flexibility index (Phi) is 178. The molecule has 0 heterocycles. The van der Waals surface area contributed by atoms with Crippen LogP contribution in [0, 0.1) is 0 Å². The van der Waals surface area contributed by atoms with Gasteiger partial charge in [-0.05, 0) is 0 Å². The van der Waals surface area contributed by atoms with Crippen LogP contribution < -0.4 is 0 Å². The number of hydrogen-bond donors (Lipinski definition) is 0. The third-order valence-electron chi connectivity index (χ3n) is 0. The Labute approximate surface area is 52.8 Å². The zero-order chi connectivity index (χ0) is 2.00. The van der Waals surface area contributed by atoms with Crippen molar-refractivity contribution in [1.82, 2.24) is 0 Å². The predicted molar refractivity (Wildman–Crippen MR) is 7.12 cm³/mol. The third kappa shape index (κ3) is 11.9. The maximum Gasteiger partial charge on any atom is 0.106 e. The Morgan fingerprint density at radius 3 is 1.25 bits per heavy atom. The fraction of sp³-hybridized carbons (Fsp3) is 0. The summed E-state index contributed by atoms with van der Waals surface area (Å²) in [6, 6.07) is 0. The normalized spacial score (nSPS) is 1.00. The van der Waals surface area contributed by atoms with E-state index in [0.717, 1.165) is 0 Å². The average Bonchev–Trinajstić information content (AvgIpc) is 1.00. The molecule has 0 amide bonds. The summed E-state index contributed by atoms with van der Waals surface area (Å²) >= 11 is 0. The maximum atomic E-state index is 8.00. The minimum Gasteiger partial charge on any atom is -0.307 e. The Morgan fingerprint density at radius 2 is 1.25 bits per heavy atom. The summed E-state index contributed by atoms with van der Waals surface area (Å²) in [6.45, 7) is 2.00. The number of rotatable bonds is 0. The molecule has 0 fully saturated rings. The standard InChI is InChI=1S/CH2O.Ir.Pt/c1-2;;/h1H2;;. The van der Waals surface area contributed by atoms with Crippen molar-refractivity contribution < 1.29 is 46.0 Å². The smallest absolute Gasteiger partial charge is 0.106 e. The molecule has 1 nitrogen and oxygen atoms in total. The van der Waals surface area contributed by atoms with Crippen LogP contribution in [0.3, 0.4) is 0 Å². The molecule has 0 bridgehead atoms. The maximum absolute atomic E-state index is 8.00. The second-order valence-electron chi connectivity index (χ2n) is 0. The summed E-state index contributed by atoms with van der Waals surface area (Å²) in [5, 5.41) is 0. The van der Waals surface area contributed by atoms with E-state index in [4.69, 9.17) is 4.79 Å². The first-order valence-corrected chi connectivity index (χ1v) is 0.289. The van der Waals surface area contributed by atoms with Crippen molar-refractivity contribution in [2.45, 2.75) is 0 Å². The van der Waals surface area contributed by atoms with E-state index in [9.17, 15) is 0 Å². The minimum absolute atomic E-state index is 0. The van der Waals surface area contributed by atoms with Crippen molar-refractivity contribution in [3.63, 3.8) is 0 Å². The molecule has 3 heteroatoms. The first kappa shape index (κ1) is 20.0. The molecule has 0 aliphatic rings. The molecular formula is CH2IrOPt. The van der Waals surface area contributed by atoms with E-state index in [1.54, 1.807) is 0 Å². The quantitative estimate of drug-likeness (QED) is 0.534. The second-order valence-corrected chi connectivity index (χ2v) is 0. The van der Waals surface area contributed by atoms with Gasteiger partial charge in [-0.25, -0.2) is 0 Å². The number of carbonyl (C=O) groups excluding carboxylic acids is 1. The van der Waals surface area contributed by atoms with E-state index >= 15 is 0 Å². The summed E-state index contributed by atoms with van der Waals surface area (Å²) in [6.07, 6.45) is 0. The minimum atomic E-state index is 0. The van der Waals surface area contributed by atoms with Gasteiger partial charge in [0.05, 0.1) is 0 Å². The monoisotopic (exact) mass is 418 g/mol. The summed E-state index contributed by atoms with van der Waals surface area (Å²) in [5.74, 6) is 0. The SMILES string of the molecule is C=O.[Ir].[Pt]. The van der Waals surface area contributed by atoms with Crippen molar-refractivity contribution in [3.8, 4) is 0 Å². The molecule has 0 unspecified atom stereocenters. The second kappa shape index (κ2) is 35.7. The van der Waals surface area contributed by atoms with Gasteiger partial charge in [-0.3, -0.25) is 0 Å².